The number of carbonyl (C=O) groups is 1. The molecule has 1 atom stereocenters. The van der Waals surface area contributed by atoms with Gasteiger partial charge in [-0.3, -0.25) is 0 Å². The van der Waals surface area contributed by atoms with Crippen molar-refractivity contribution in [2.75, 3.05) is 24.7 Å². The van der Waals surface area contributed by atoms with Crippen molar-refractivity contribution in [2.24, 2.45) is 5.92 Å². The molecular formula is C29H43O4SSi. The van der Waals surface area contributed by atoms with E-state index < -0.39 is 9.04 Å². The lowest BCUT2D eigenvalue weighted by Gasteiger charge is -2.10. The highest BCUT2D eigenvalue weighted by Gasteiger charge is 2.09. The summed E-state index contributed by atoms with van der Waals surface area (Å²) in [6, 6.07) is 16.7. The number of thioether (sulfide) groups is 1. The number of carbonyl (C=O) groups excluding carboxylic acids is 1. The summed E-state index contributed by atoms with van der Waals surface area (Å²) in [5.74, 6) is 3.21. The Morgan fingerprint density at radius 2 is 1.51 bits per heavy atom. The summed E-state index contributed by atoms with van der Waals surface area (Å²) < 4.78 is 11.3. The molecule has 1 radical (unpaired) electrons. The lowest BCUT2D eigenvalue weighted by Crippen LogP contribution is -2.11. The van der Waals surface area contributed by atoms with Crippen molar-refractivity contribution in [3.63, 3.8) is 0 Å². The minimum atomic E-state index is -1.02. The Balaban J connectivity index is 1.59. The maximum Gasteiger partial charge on any atom is 0.338 e. The summed E-state index contributed by atoms with van der Waals surface area (Å²) in [7, 11) is -1.02. The normalized spacial score (nSPS) is 12.0. The predicted molar refractivity (Wildman–Crippen MR) is 151 cm³/mol. The number of unbranched alkanes of at least 4 members (excludes halogenated alkanes) is 5. The third-order valence-corrected chi connectivity index (χ3v) is 8.19. The summed E-state index contributed by atoms with van der Waals surface area (Å²) in [6.45, 7) is 7.33. The van der Waals surface area contributed by atoms with Gasteiger partial charge in [-0.15, -0.1) is 0 Å². The van der Waals surface area contributed by atoms with Gasteiger partial charge in [-0.25, -0.2) is 4.79 Å². The SMILES string of the molecule is CCC(C)COC(=O)c1ccc(-c2ccc(OCCSCCCCCCCC[Si](C)O)cc2)cc1. The van der Waals surface area contributed by atoms with Crippen molar-refractivity contribution in [3.05, 3.63) is 54.1 Å². The molecule has 0 saturated carbocycles. The van der Waals surface area contributed by atoms with Crippen molar-refractivity contribution >= 4 is 26.8 Å². The Morgan fingerprint density at radius 1 is 0.914 bits per heavy atom. The van der Waals surface area contributed by atoms with Crippen LogP contribution in [-0.2, 0) is 4.74 Å². The van der Waals surface area contributed by atoms with Gasteiger partial charge in [-0.05, 0) is 66.1 Å². The van der Waals surface area contributed by atoms with Crippen molar-refractivity contribution < 1.29 is 19.1 Å². The second-order valence-corrected chi connectivity index (χ2v) is 12.5. The van der Waals surface area contributed by atoms with Gasteiger partial charge in [0.15, 0.2) is 0 Å². The largest absolute Gasteiger partial charge is 0.493 e. The van der Waals surface area contributed by atoms with Gasteiger partial charge in [-0.2, -0.15) is 11.8 Å². The first-order valence-corrected chi connectivity index (χ1v) is 16.4. The highest BCUT2D eigenvalue weighted by atomic mass is 32.2. The molecule has 0 aliphatic carbocycles. The average Bonchev–Trinajstić information content (AvgIpc) is 2.88. The van der Waals surface area contributed by atoms with Crippen molar-refractivity contribution in [1.29, 1.82) is 0 Å². The second kappa shape index (κ2) is 17.6. The lowest BCUT2D eigenvalue weighted by molar-refractivity contribution is 0.0447. The smallest absolute Gasteiger partial charge is 0.338 e. The van der Waals surface area contributed by atoms with Crippen LogP contribution in [0.3, 0.4) is 0 Å². The van der Waals surface area contributed by atoms with E-state index >= 15 is 0 Å². The summed E-state index contributed by atoms with van der Waals surface area (Å²) >= 11 is 1.96. The van der Waals surface area contributed by atoms with Crippen molar-refractivity contribution in [1.82, 2.24) is 0 Å². The molecule has 0 bridgehead atoms. The molecule has 0 aliphatic heterocycles. The van der Waals surface area contributed by atoms with E-state index in [1.807, 2.05) is 54.7 Å². The zero-order valence-corrected chi connectivity index (χ0v) is 23.6. The Kier molecular flexibility index (Phi) is 14.8. The molecule has 0 aliphatic rings. The minimum Gasteiger partial charge on any atom is -0.493 e. The van der Waals surface area contributed by atoms with E-state index in [1.54, 1.807) is 0 Å². The first-order chi connectivity index (χ1) is 17.0. The fourth-order valence-corrected chi connectivity index (χ4v) is 5.15. The molecule has 0 spiro atoms. The second-order valence-electron chi connectivity index (χ2n) is 9.28. The van der Waals surface area contributed by atoms with E-state index in [0.717, 1.165) is 41.7 Å². The van der Waals surface area contributed by atoms with Crippen LogP contribution < -0.4 is 4.74 Å². The predicted octanol–water partition coefficient (Wildman–Crippen LogP) is 7.62. The van der Waals surface area contributed by atoms with Gasteiger partial charge < -0.3 is 14.3 Å². The highest BCUT2D eigenvalue weighted by molar-refractivity contribution is 7.99. The van der Waals surface area contributed by atoms with Gasteiger partial charge >= 0.3 is 5.97 Å². The van der Waals surface area contributed by atoms with Gasteiger partial charge in [-0.1, -0.05) is 76.6 Å². The van der Waals surface area contributed by atoms with Crippen LogP contribution in [0.15, 0.2) is 48.5 Å². The lowest BCUT2D eigenvalue weighted by atomic mass is 10.0. The summed E-state index contributed by atoms with van der Waals surface area (Å²) in [5, 5.41) is 0. The Labute approximate surface area is 218 Å². The number of hydrogen-bond acceptors (Lipinski definition) is 5. The molecule has 0 amide bonds. The molecule has 4 nitrogen and oxygen atoms in total. The van der Waals surface area contributed by atoms with Crippen LogP contribution in [-0.4, -0.2) is 44.5 Å². The van der Waals surface area contributed by atoms with Crippen LogP contribution in [0.1, 0.15) is 69.2 Å². The van der Waals surface area contributed by atoms with Crippen LogP contribution >= 0.6 is 11.8 Å². The maximum absolute atomic E-state index is 12.2. The molecule has 2 aromatic rings. The van der Waals surface area contributed by atoms with Crippen molar-refractivity contribution in [2.45, 2.75) is 71.4 Å². The van der Waals surface area contributed by atoms with E-state index in [4.69, 9.17) is 9.47 Å². The molecule has 1 N–H and O–H groups in total. The Hall–Kier alpha value is -1.76. The molecule has 0 saturated heterocycles. The third kappa shape index (κ3) is 12.7. The monoisotopic (exact) mass is 515 g/mol. The molecular weight excluding hydrogens is 472 g/mol. The van der Waals surface area contributed by atoms with E-state index in [2.05, 4.69) is 26.0 Å². The first kappa shape index (κ1) is 29.5. The van der Waals surface area contributed by atoms with Gasteiger partial charge in [0.1, 0.15) is 5.75 Å². The van der Waals surface area contributed by atoms with Crippen LogP contribution in [0.25, 0.3) is 11.1 Å². The quantitative estimate of drug-likeness (QED) is 0.126. The van der Waals surface area contributed by atoms with Crippen LogP contribution in [0.5, 0.6) is 5.75 Å². The van der Waals surface area contributed by atoms with E-state index in [1.165, 1.54) is 44.3 Å². The van der Waals surface area contributed by atoms with Gasteiger partial charge in [0.05, 0.1) is 18.8 Å². The molecule has 0 heterocycles. The standard InChI is InChI=1S/C29H43O4SSi/c1-4-24(2)23-33-29(30)27-13-11-25(12-14-27)26-15-17-28(18-16-26)32-19-21-34-20-9-7-5-6-8-10-22-35(3)31/h11-18,24,31H,4-10,19-23H2,1-3H3. The Morgan fingerprint density at radius 3 is 2.14 bits per heavy atom. The topological polar surface area (TPSA) is 55.8 Å². The van der Waals surface area contributed by atoms with Gasteiger partial charge in [0, 0.05) is 5.75 Å². The van der Waals surface area contributed by atoms with E-state index in [0.29, 0.717) is 18.1 Å². The summed E-state index contributed by atoms with van der Waals surface area (Å²) in [5.41, 5.74) is 2.75. The summed E-state index contributed by atoms with van der Waals surface area (Å²) in [6.07, 6.45) is 8.64. The zero-order chi connectivity index (χ0) is 25.3. The number of rotatable bonds is 18. The van der Waals surface area contributed by atoms with Gasteiger partial charge in [0.2, 0.25) is 9.04 Å². The zero-order valence-electron chi connectivity index (χ0n) is 21.8. The molecule has 2 aromatic carbocycles. The molecule has 1 unspecified atom stereocenters. The average molecular weight is 516 g/mol. The molecule has 2 rings (SSSR count). The molecule has 6 heteroatoms. The number of esters is 1. The van der Waals surface area contributed by atoms with Crippen molar-refractivity contribution in [3.8, 4) is 16.9 Å². The molecule has 193 valence electrons. The fraction of sp³-hybridized carbons (Fsp3) is 0.552. The molecule has 35 heavy (non-hydrogen) atoms. The highest BCUT2D eigenvalue weighted by Crippen LogP contribution is 2.23. The first-order valence-electron chi connectivity index (χ1n) is 13.1. The van der Waals surface area contributed by atoms with Gasteiger partial charge in [0.25, 0.3) is 0 Å². The fourth-order valence-electron chi connectivity index (χ4n) is 3.57. The number of ether oxygens (including phenoxy) is 2. The minimum absolute atomic E-state index is 0.261. The van der Waals surface area contributed by atoms with Crippen LogP contribution in [0.2, 0.25) is 12.6 Å². The summed E-state index contributed by atoms with van der Waals surface area (Å²) in [4.78, 5) is 21.5. The van der Waals surface area contributed by atoms with E-state index in [9.17, 15) is 9.59 Å². The molecule has 0 aromatic heterocycles. The van der Waals surface area contributed by atoms with Crippen LogP contribution in [0.4, 0.5) is 0 Å². The van der Waals surface area contributed by atoms with E-state index in [-0.39, 0.29) is 5.97 Å². The number of hydrogen-bond donors (Lipinski definition) is 1. The molecule has 0 fully saturated rings. The Bertz CT molecular complexity index is 824. The number of benzene rings is 2. The van der Waals surface area contributed by atoms with Crippen LogP contribution in [0, 0.1) is 5.92 Å². The maximum atomic E-state index is 12.2. The third-order valence-electron chi connectivity index (χ3n) is 6.08.